The van der Waals surface area contributed by atoms with E-state index >= 15 is 0 Å². The van der Waals surface area contributed by atoms with Gasteiger partial charge in [-0.15, -0.1) is 0 Å². The predicted molar refractivity (Wildman–Crippen MR) is 20.2 cm³/mol. The maximum Gasteiger partial charge on any atom is 4.00 e. The smallest absolute Gasteiger partial charge is 0.0776 e. The maximum absolute atomic E-state index is 0. The van der Waals surface area contributed by atoms with Crippen LogP contribution < -0.4 is 0 Å². The van der Waals surface area contributed by atoms with Crippen LogP contribution in [-0.2, 0) is 0 Å². The van der Waals surface area contributed by atoms with Gasteiger partial charge in [0.25, 0.3) is 0 Å². The van der Waals surface area contributed by atoms with E-state index in [0.717, 1.165) is 0 Å². The molecular weight excluding hydrogens is 1700 g/mol. The van der Waals surface area contributed by atoms with Crippen molar-refractivity contribution in [3.63, 3.8) is 0 Å². The summed E-state index contributed by atoms with van der Waals surface area (Å²) in [6.07, 6.45) is 0. The second kappa shape index (κ2) is 71.2. The zero-order valence-corrected chi connectivity index (χ0v) is 32.6. The Balaban J connectivity index is 0. The molecule has 4 radical (unpaired) electrons. The molecule has 28 valence electrons. The van der Waals surface area contributed by atoms with E-state index in [1.54, 1.807) is 0 Å². The molecule has 0 amide bonds. The molecule has 0 aliphatic carbocycles. The molecule has 0 aliphatic heterocycles. The SMILES string of the molecule is C.C.C.[U+3].[U+3].[U+3].[U+3].[U+4].[U+4].[U+4]. The van der Waals surface area contributed by atoms with E-state index in [4.69, 9.17) is 0 Å². The largest absolute Gasteiger partial charge is 4.00 e. The van der Waals surface area contributed by atoms with Gasteiger partial charge in [-0.1, -0.05) is 22.3 Å². The van der Waals surface area contributed by atoms with Crippen molar-refractivity contribution >= 4 is 0 Å². The Bertz CT molecular complexity index is 8.81. The average molecular weight is 1710 g/mol. The van der Waals surface area contributed by atoms with Crippen LogP contribution in [-0.4, -0.2) is 0 Å². The number of hydrogen-bond acceptors (Lipinski definition) is 0. The van der Waals surface area contributed by atoms with Crippen molar-refractivity contribution in [1.29, 1.82) is 0 Å². The third-order valence-corrected chi connectivity index (χ3v) is 0. The number of rotatable bonds is 0. The monoisotopic (exact) mass is 1710 g/mol. The topological polar surface area (TPSA) is 0 Å². The molecule has 0 rings (SSSR count). The first-order valence-electron chi connectivity index (χ1n) is 0. The predicted octanol–water partition coefficient (Wildman–Crippen LogP) is 1.91. The van der Waals surface area contributed by atoms with E-state index in [9.17, 15) is 0 Å². The Kier molecular flexibility index (Phi) is 611. The van der Waals surface area contributed by atoms with Crippen molar-refractivity contribution in [3.8, 4) is 0 Å². The van der Waals surface area contributed by atoms with Crippen LogP contribution in [0.1, 0.15) is 22.3 Å². The Hall–Kier alpha value is 7.36. The van der Waals surface area contributed by atoms with Gasteiger partial charge >= 0.3 is 218 Å². The van der Waals surface area contributed by atoms with Crippen LogP contribution >= 0.6 is 0 Å². The van der Waals surface area contributed by atoms with Crippen molar-refractivity contribution in [1.82, 2.24) is 0 Å². The third-order valence-electron chi connectivity index (χ3n) is 0. The van der Waals surface area contributed by atoms with Gasteiger partial charge in [0.2, 0.25) is 0 Å². The van der Waals surface area contributed by atoms with E-state index in [2.05, 4.69) is 0 Å². The van der Waals surface area contributed by atoms with Gasteiger partial charge < -0.3 is 0 Å². The van der Waals surface area contributed by atoms with E-state index in [1.165, 1.54) is 0 Å². The van der Waals surface area contributed by atoms with Gasteiger partial charge in [0, 0.05) is 0 Å². The van der Waals surface area contributed by atoms with Crippen molar-refractivity contribution in [3.05, 3.63) is 0 Å². The van der Waals surface area contributed by atoms with Gasteiger partial charge in [-0.25, -0.2) is 0 Å². The van der Waals surface area contributed by atoms with Crippen molar-refractivity contribution in [2.45, 2.75) is 22.3 Å². The first-order chi connectivity index (χ1) is 0. The summed E-state index contributed by atoms with van der Waals surface area (Å²) in [6.45, 7) is 0. The van der Waals surface area contributed by atoms with Crippen molar-refractivity contribution < 1.29 is 218 Å². The summed E-state index contributed by atoms with van der Waals surface area (Å²) in [7, 11) is 0. The molecule has 0 N–H and O–H groups in total. The minimum absolute atomic E-state index is 0. The van der Waals surface area contributed by atoms with Gasteiger partial charge in [0.15, 0.2) is 0 Å². The molecule has 0 heterocycles. The molecule has 0 unspecified atom stereocenters. The van der Waals surface area contributed by atoms with Gasteiger partial charge in [-0.05, 0) is 0 Å². The average Bonchev–Trinajstić information content (AvgIpc) is 0. The van der Waals surface area contributed by atoms with E-state index in [0.29, 0.717) is 0 Å². The first kappa shape index (κ1) is 85.7. The summed E-state index contributed by atoms with van der Waals surface area (Å²) < 4.78 is 0. The molecular formula is C3H12U7+24. The molecule has 7 heteroatoms. The Labute approximate surface area is 233 Å². The summed E-state index contributed by atoms with van der Waals surface area (Å²) in [5, 5.41) is 0. The quantitative estimate of drug-likeness (QED) is 0.349. The van der Waals surface area contributed by atoms with Crippen LogP contribution in [0.25, 0.3) is 0 Å². The van der Waals surface area contributed by atoms with Crippen LogP contribution in [0.3, 0.4) is 0 Å². The Morgan fingerprint density at radius 3 is 0.300 bits per heavy atom. The zero-order valence-electron chi connectivity index (χ0n) is 3.50. The molecule has 0 aliphatic rings. The third kappa shape index (κ3) is 58.5. The summed E-state index contributed by atoms with van der Waals surface area (Å²) in [5.74, 6) is 0. The second-order valence-electron chi connectivity index (χ2n) is 0. The van der Waals surface area contributed by atoms with Crippen LogP contribution in [0.15, 0.2) is 0 Å². The summed E-state index contributed by atoms with van der Waals surface area (Å²) in [4.78, 5) is 0. The summed E-state index contributed by atoms with van der Waals surface area (Å²) >= 11 is 0. The molecule has 0 saturated carbocycles. The Morgan fingerprint density at radius 1 is 0.300 bits per heavy atom. The fourth-order valence-electron chi connectivity index (χ4n) is 0. The molecule has 0 saturated heterocycles. The molecule has 0 nitrogen and oxygen atoms in total. The Morgan fingerprint density at radius 2 is 0.300 bits per heavy atom. The van der Waals surface area contributed by atoms with Gasteiger partial charge in [-0.2, -0.15) is 0 Å². The van der Waals surface area contributed by atoms with E-state index in [-0.39, 0.29) is 240 Å². The summed E-state index contributed by atoms with van der Waals surface area (Å²) in [5.41, 5.74) is 0. The molecule has 0 bridgehead atoms. The fraction of sp³-hybridized carbons (Fsp3) is 1.00. The fourth-order valence-corrected chi connectivity index (χ4v) is 0. The van der Waals surface area contributed by atoms with E-state index < -0.39 is 0 Å². The number of hydrogen-bond donors (Lipinski definition) is 0. The van der Waals surface area contributed by atoms with Crippen LogP contribution in [0.5, 0.6) is 0 Å². The molecule has 0 atom stereocenters. The molecule has 0 aromatic rings. The van der Waals surface area contributed by atoms with Crippen LogP contribution in [0.2, 0.25) is 0 Å². The zero-order chi connectivity index (χ0) is 0. The van der Waals surface area contributed by atoms with Crippen LogP contribution in [0.4, 0.5) is 0 Å². The maximum atomic E-state index is 0. The first-order valence-corrected chi connectivity index (χ1v) is 0. The molecule has 10 heavy (non-hydrogen) atoms. The van der Waals surface area contributed by atoms with E-state index in [1.807, 2.05) is 0 Å². The molecule has 0 aromatic heterocycles. The summed E-state index contributed by atoms with van der Waals surface area (Å²) in [6, 6.07) is 0. The normalized spacial score (nSPS) is 0. The minimum atomic E-state index is 0. The van der Waals surface area contributed by atoms with Gasteiger partial charge in [-0.3, -0.25) is 0 Å². The molecule has 0 aromatic carbocycles. The van der Waals surface area contributed by atoms with Gasteiger partial charge in [0.05, 0.1) is 0 Å². The van der Waals surface area contributed by atoms with Crippen molar-refractivity contribution in [2.24, 2.45) is 0 Å². The van der Waals surface area contributed by atoms with Crippen molar-refractivity contribution in [2.75, 3.05) is 0 Å². The molecule has 0 spiro atoms. The molecule has 0 fully saturated rings. The standard InChI is InChI=1S/3CH4.7U/h3*1H4;;;;;;;/q;;;4*+3;3*+4. The second-order valence-corrected chi connectivity index (χ2v) is 0. The van der Waals surface area contributed by atoms with Gasteiger partial charge in [0.1, 0.15) is 0 Å². The minimum Gasteiger partial charge on any atom is -0.0776 e. The van der Waals surface area contributed by atoms with Crippen LogP contribution in [0, 0.1) is 218 Å².